The summed E-state index contributed by atoms with van der Waals surface area (Å²) in [4.78, 5) is 18.9. The summed E-state index contributed by atoms with van der Waals surface area (Å²) in [6.45, 7) is 0. The molecule has 0 aliphatic heterocycles. The second kappa shape index (κ2) is 7.66. The van der Waals surface area contributed by atoms with Crippen molar-refractivity contribution < 1.29 is 4.79 Å². The van der Waals surface area contributed by atoms with Crippen LogP contribution in [-0.2, 0) is 12.8 Å². The van der Waals surface area contributed by atoms with Crippen molar-refractivity contribution in [2.75, 3.05) is 11.1 Å². The van der Waals surface area contributed by atoms with Gasteiger partial charge in [-0.2, -0.15) is 0 Å². The zero-order valence-electron chi connectivity index (χ0n) is 14.6. The number of anilines is 2. The summed E-state index contributed by atoms with van der Waals surface area (Å²) in [7, 11) is 0. The lowest BCUT2D eigenvalue weighted by molar-refractivity contribution is 0.103. The van der Waals surface area contributed by atoms with Gasteiger partial charge in [-0.05, 0) is 55.5 Å². The van der Waals surface area contributed by atoms with Crippen LogP contribution in [0.1, 0.15) is 46.6 Å². The van der Waals surface area contributed by atoms with E-state index in [-0.39, 0.29) is 5.91 Å². The molecule has 1 amide bonds. The van der Waals surface area contributed by atoms with Crippen LogP contribution in [0.4, 0.5) is 11.4 Å². The maximum atomic E-state index is 12.8. The normalized spacial score (nSPS) is 14.4. The first-order valence-electron chi connectivity index (χ1n) is 9.00. The molecule has 1 aliphatic carbocycles. The number of thiophene rings is 1. The van der Waals surface area contributed by atoms with E-state index in [0.29, 0.717) is 26.3 Å². The van der Waals surface area contributed by atoms with Gasteiger partial charge in [0, 0.05) is 16.1 Å². The number of hydrogen-bond donors (Lipinski definition) is 2. The number of nitrogens with two attached hydrogens (primary N) is 1. The summed E-state index contributed by atoms with van der Waals surface area (Å²) >= 11 is 13.4. The fraction of sp³-hybridized carbons (Fsp3) is 0.300. The number of halogens is 2. The van der Waals surface area contributed by atoms with Gasteiger partial charge in [0.05, 0.1) is 16.4 Å². The zero-order chi connectivity index (χ0) is 19.0. The van der Waals surface area contributed by atoms with Crippen LogP contribution in [0.15, 0.2) is 24.3 Å². The highest BCUT2D eigenvalue weighted by atomic mass is 35.5. The van der Waals surface area contributed by atoms with Gasteiger partial charge < -0.3 is 11.1 Å². The Bertz CT molecular complexity index is 1030. The van der Waals surface area contributed by atoms with Gasteiger partial charge in [-0.15, -0.1) is 11.3 Å². The summed E-state index contributed by atoms with van der Waals surface area (Å²) in [6.07, 6.45) is 6.86. The first-order chi connectivity index (χ1) is 13.0. The summed E-state index contributed by atoms with van der Waals surface area (Å²) in [5.74, 6) is -0.285. The number of carbonyl (C=O) groups excluding carboxylic acids is 1. The molecular weight excluding hydrogens is 401 g/mol. The van der Waals surface area contributed by atoms with Gasteiger partial charge in [-0.25, -0.2) is 4.98 Å². The predicted molar refractivity (Wildman–Crippen MR) is 114 cm³/mol. The van der Waals surface area contributed by atoms with Crippen molar-refractivity contribution in [3.63, 3.8) is 0 Å². The molecule has 0 spiro atoms. The Kier molecular flexibility index (Phi) is 5.26. The number of aryl methyl sites for hydroxylation is 2. The molecule has 0 atom stereocenters. The van der Waals surface area contributed by atoms with E-state index in [1.165, 1.54) is 36.2 Å². The van der Waals surface area contributed by atoms with Crippen LogP contribution in [0.3, 0.4) is 0 Å². The van der Waals surface area contributed by atoms with E-state index in [0.717, 1.165) is 35.2 Å². The molecule has 2 aromatic heterocycles. The summed E-state index contributed by atoms with van der Waals surface area (Å²) in [5.41, 5.74) is 9.71. The molecule has 0 saturated carbocycles. The molecule has 1 aromatic carbocycles. The van der Waals surface area contributed by atoms with Crippen LogP contribution in [-0.4, -0.2) is 10.9 Å². The standard InChI is InChI=1S/C20H19Cl2N3OS/c21-12-7-8-16(14(22)10-12)24-19(26)18-17(23)13-9-11-5-3-1-2-4-6-15(11)25-20(13)27-18/h7-10H,1-6,23H2,(H,24,26). The number of aromatic nitrogens is 1. The van der Waals surface area contributed by atoms with Crippen molar-refractivity contribution in [2.24, 2.45) is 0 Å². The van der Waals surface area contributed by atoms with Crippen LogP contribution in [0.2, 0.25) is 10.0 Å². The van der Waals surface area contributed by atoms with Gasteiger partial charge in [0.15, 0.2) is 0 Å². The highest BCUT2D eigenvalue weighted by molar-refractivity contribution is 7.21. The van der Waals surface area contributed by atoms with Crippen LogP contribution in [0.25, 0.3) is 10.2 Å². The number of nitrogen functional groups attached to an aromatic ring is 1. The van der Waals surface area contributed by atoms with Gasteiger partial charge >= 0.3 is 0 Å². The number of benzene rings is 1. The van der Waals surface area contributed by atoms with Crippen molar-refractivity contribution in [3.05, 3.63) is 50.4 Å². The molecule has 1 aliphatic rings. The van der Waals surface area contributed by atoms with Crippen LogP contribution >= 0.6 is 34.5 Å². The third kappa shape index (κ3) is 3.77. The smallest absolute Gasteiger partial charge is 0.267 e. The van der Waals surface area contributed by atoms with E-state index in [1.807, 2.05) is 0 Å². The summed E-state index contributed by atoms with van der Waals surface area (Å²) in [5, 5.41) is 4.59. The fourth-order valence-corrected chi connectivity index (χ4v) is 4.90. The van der Waals surface area contributed by atoms with Gasteiger partial charge in [0.1, 0.15) is 9.71 Å². The first kappa shape index (κ1) is 18.5. The van der Waals surface area contributed by atoms with Crippen LogP contribution in [0, 0.1) is 0 Å². The summed E-state index contributed by atoms with van der Waals surface area (Å²) in [6, 6.07) is 7.07. The molecule has 27 heavy (non-hydrogen) atoms. The number of pyridine rings is 1. The third-order valence-corrected chi connectivity index (χ3v) is 6.55. The molecule has 0 unspecified atom stereocenters. The van der Waals surface area contributed by atoms with Gasteiger partial charge in [0.2, 0.25) is 0 Å². The first-order valence-corrected chi connectivity index (χ1v) is 10.6. The monoisotopic (exact) mass is 419 g/mol. The van der Waals surface area contributed by atoms with Crippen molar-refractivity contribution in [1.29, 1.82) is 0 Å². The third-order valence-electron chi connectivity index (χ3n) is 4.88. The second-order valence-corrected chi connectivity index (χ2v) is 8.63. The number of hydrogen-bond acceptors (Lipinski definition) is 4. The van der Waals surface area contributed by atoms with E-state index in [1.54, 1.807) is 18.2 Å². The minimum Gasteiger partial charge on any atom is -0.397 e. The average molecular weight is 420 g/mol. The average Bonchev–Trinajstić information content (AvgIpc) is 2.93. The number of fused-ring (bicyclic) bond motifs is 2. The SMILES string of the molecule is Nc1c(C(=O)Nc2ccc(Cl)cc2Cl)sc2nc3c(cc12)CCCCCC3. The Labute approximate surface area is 171 Å². The van der Waals surface area contributed by atoms with E-state index >= 15 is 0 Å². The Morgan fingerprint density at radius 2 is 1.89 bits per heavy atom. The van der Waals surface area contributed by atoms with Gasteiger partial charge in [-0.1, -0.05) is 36.0 Å². The Morgan fingerprint density at radius 3 is 2.67 bits per heavy atom. The van der Waals surface area contributed by atoms with Crippen molar-refractivity contribution >= 4 is 62.0 Å². The Balaban J connectivity index is 1.69. The molecule has 0 bridgehead atoms. The molecule has 3 aromatic rings. The van der Waals surface area contributed by atoms with E-state index < -0.39 is 0 Å². The topological polar surface area (TPSA) is 68.0 Å². The van der Waals surface area contributed by atoms with Crippen molar-refractivity contribution in [3.8, 4) is 0 Å². The van der Waals surface area contributed by atoms with Crippen molar-refractivity contribution in [1.82, 2.24) is 4.98 Å². The number of nitrogens with zero attached hydrogens (tertiary/aromatic N) is 1. The number of rotatable bonds is 2. The van der Waals surface area contributed by atoms with Gasteiger partial charge in [0.25, 0.3) is 5.91 Å². The van der Waals surface area contributed by atoms with Crippen LogP contribution < -0.4 is 11.1 Å². The van der Waals surface area contributed by atoms with E-state index in [4.69, 9.17) is 33.9 Å². The molecule has 4 rings (SSSR count). The number of nitrogens with one attached hydrogen (secondary N) is 1. The highest BCUT2D eigenvalue weighted by Gasteiger charge is 2.20. The summed E-state index contributed by atoms with van der Waals surface area (Å²) < 4.78 is 0. The molecule has 7 heteroatoms. The number of amides is 1. The molecule has 0 radical (unpaired) electrons. The minimum atomic E-state index is -0.285. The Hall–Kier alpha value is -1.82. The highest BCUT2D eigenvalue weighted by Crippen LogP contribution is 2.36. The molecule has 0 saturated heterocycles. The molecule has 140 valence electrons. The maximum Gasteiger partial charge on any atom is 0.267 e. The second-order valence-electron chi connectivity index (χ2n) is 6.78. The maximum absolute atomic E-state index is 12.8. The van der Waals surface area contributed by atoms with E-state index in [9.17, 15) is 4.79 Å². The minimum absolute atomic E-state index is 0.285. The predicted octanol–water partition coefficient (Wildman–Crippen LogP) is 6.10. The quantitative estimate of drug-likeness (QED) is 0.527. The molecule has 3 N–H and O–H groups in total. The van der Waals surface area contributed by atoms with E-state index in [2.05, 4.69) is 11.4 Å². The van der Waals surface area contributed by atoms with Gasteiger partial charge in [-0.3, -0.25) is 4.79 Å². The molecule has 2 heterocycles. The lowest BCUT2D eigenvalue weighted by Gasteiger charge is -2.12. The lowest BCUT2D eigenvalue weighted by atomic mass is 9.96. The number of carbonyl (C=O) groups is 1. The molecule has 4 nitrogen and oxygen atoms in total. The Morgan fingerprint density at radius 1 is 1.11 bits per heavy atom. The largest absolute Gasteiger partial charge is 0.397 e. The zero-order valence-corrected chi connectivity index (χ0v) is 17.0. The van der Waals surface area contributed by atoms with Crippen LogP contribution in [0.5, 0.6) is 0 Å². The van der Waals surface area contributed by atoms with Crippen molar-refractivity contribution in [2.45, 2.75) is 38.5 Å². The molecule has 0 fully saturated rings. The fourth-order valence-electron chi connectivity index (χ4n) is 3.45. The lowest BCUT2D eigenvalue weighted by Crippen LogP contribution is -2.12. The molecular formula is C20H19Cl2N3OS.